The SMILES string of the molecule is CCOc1c(Br)ccc(F)c1B1OC(C)(C)C(C)(C)O1. The van der Waals surface area contributed by atoms with E-state index in [1.165, 1.54) is 6.07 Å². The van der Waals surface area contributed by atoms with Crippen molar-refractivity contribution in [2.75, 3.05) is 6.61 Å². The van der Waals surface area contributed by atoms with Crippen molar-refractivity contribution in [1.82, 2.24) is 0 Å². The number of hydrogen-bond acceptors (Lipinski definition) is 3. The smallest absolute Gasteiger partial charge is 0.493 e. The average molecular weight is 345 g/mol. The minimum atomic E-state index is -0.779. The number of halogens is 2. The molecule has 1 aromatic rings. The Kier molecular flexibility index (Phi) is 4.20. The molecule has 1 aromatic carbocycles. The van der Waals surface area contributed by atoms with Crippen molar-refractivity contribution in [2.24, 2.45) is 0 Å². The third-order valence-electron chi connectivity index (χ3n) is 3.87. The first-order chi connectivity index (χ1) is 9.19. The van der Waals surface area contributed by atoms with Gasteiger partial charge in [0, 0.05) is 0 Å². The monoisotopic (exact) mass is 344 g/mol. The van der Waals surface area contributed by atoms with E-state index in [1.54, 1.807) is 6.07 Å². The van der Waals surface area contributed by atoms with E-state index < -0.39 is 24.1 Å². The predicted octanol–water partition coefficient (Wildman–Crippen LogP) is 3.29. The fourth-order valence-electron chi connectivity index (χ4n) is 2.02. The van der Waals surface area contributed by atoms with Crippen LogP contribution in [0.2, 0.25) is 0 Å². The van der Waals surface area contributed by atoms with E-state index in [2.05, 4.69) is 15.9 Å². The maximum Gasteiger partial charge on any atom is 0.501 e. The Labute approximate surface area is 128 Å². The third-order valence-corrected chi connectivity index (χ3v) is 4.50. The normalized spacial score (nSPS) is 20.2. The lowest BCUT2D eigenvalue weighted by Crippen LogP contribution is -2.41. The van der Waals surface area contributed by atoms with Crippen LogP contribution in [-0.4, -0.2) is 24.9 Å². The molecule has 1 fully saturated rings. The molecule has 110 valence electrons. The number of hydrogen-bond donors (Lipinski definition) is 0. The van der Waals surface area contributed by atoms with Crippen LogP contribution >= 0.6 is 15.9 Å². The summed E-state index contributed by atoms with van der Waals surface area (Å²) in [4.78, 5) is 0. The van der Waals surface area contributed by atoms with Crippen LogP contribution in [0.1, 0.15) is 34.6 Å². The zero-order valence-electron chi connectivity index (χ0n) is 12.4. The molecule has 0 spiro atoms. The summed E-state index contributed by atoms with van der Waals surface area (Å²) in [5, 5.41) is 0. The Hall–Kier alpha value is -0.585. The summed E-state index contributed by atoms with van der Waals surface area (Å²) in [6, 6.07) is 3.00. The van der Waals surface area contributed by atoms with E-state index in [0.717, 1.165) is 0 Å². The summed E-state index contributed by atoms with van der Waals surface area (Å²) < 4.78 is 32.3. The predicted molar refractivity (Wildman–Crippen MR) is 81.0 cm³/mol. The number of benzene rings is 1. The molecule has 0 radical (unpaired) electrons. The van der Waals surface area contributed by atoms with Gasteiger partial charge in [0.2, 0.25) is 0 Å². The van der Waals surface area contributed by atoms with Gasteiger partial charge in [-0.15, -0.1) is 0 Å². The number of ether oxygens (including phenoxy) is 1. The van der Waals surface area contributed by atoms with Gasteiger partial charge < -0.3 is 14.0 Å². The Morgan fingerprint density at radius 2 is 1.75 bits per heavy atom. The van der Waals surface area contributed by atoms with Gasteiger partial charge in [0.1, 0.15) is 11.6 Å². The van der Waals surface area contributed by atoms with Crippen molar-refractivity contribution in [3.05, 3.63) is 22.4 Å². The van der Waals surface area contributed by atoms with Crippen molar-refractivity contribution in [1.29, 1.82) is 0 Å². The highest BCUT2D eigenvalue weighted by Gasteiger charge is 2.53. The minimum absolute atomic E-state index is 0.305. The molecule has 1 aliphatic heterocycles. The van der Waals surface area contributed by atoms with Crippen LogP contribution in [0, 0.1) is 5.82 Å². The molecule has 0 bridgehead atoms. The van der Waals surface area contributed by atoms with Crippen LogP contribution in [0.3, 0.4) is 0 Å². The van der Waals surface area contributed by atoms with E-state index in [1.807, 2.05) is 34.6 Å². The Morgan fingerprint density at radius 3 is 2.25 bits per heavy atom. The van der Waals surface area contributed by atoms with Crippen LogP contribution < -0.4 is 10.2 Å². The zero-order chi connectivity index (χ0) is 15.1. The Bertz CT molecular complexity index is 503. The van der Waals surface area contributed by atoms with Crippen molar-refractivity contribution in [3.63, 3.8) is 0 Å². The molecule has 0 amide bonds. The lowest BCUT2D eigenvalue weighted by Gasteiger charge is -2.32. The van der Waals surface area contributed by atoms with E-state index in [0.29, 0.717) is 22.3 Å². The summed E-state index contributed by atoms with van der Waals surface area (Å²) in [7, 11) is -0.779. The average Bonchev–Trinajstić information content (AvgIpc) is 2.53. The molecule has 0 aromatic heterocycles. The molecular formula is C14H19BBrFO3. The summed E-state index contributed by atoms with van der Waals surface area (Å²) >= 11 is 3.38. The van der Waals surface area contributed by atoms with E-state index in [4.69, 9.17) is 14.0 Å². The van der Waals surface area contributed by atoms with E-state index in [9.17, 15) is 4.39 Å². The van der Waals surface area contributed by atoms with Gasteiger partial charge in [0.15, 0.2) is 0 Å². The quantitative estimate of drug-likeness (QED) is 0.787. The van der Waals surface area contributed by atoms with Crippen molar-refractivity contribution < 1.29 is 18.4 Å². The first-order valence-electron chi connectivity index (χ1n) is 6.66. The standard InChI is InChI=1S/C14H19BBrFO3/c1-6-18-12-9(16)7-8-10(17)11(12)15-19-13(2,3)14(4,5)20-15/h7-8H,6H2,1-5H3. The molecule has 0 unspecified atom stereocenters. The maximum absolute atomic E-state index is 14.2. The van der Waals surface area contributed by atoms with Gasteiger partial charge in [-0.1, -0.05) is 0 Å². The lowest BCUT2D eigenvalue weighted by molar-refractivity contribution is 0.00578. The topological polar surface area (TPSA) is 27.7 Å². The van der Waals surface area contributed by atoms with Crippen LogP contribution in [-0.2, 0) is 9.31 Å². The molecular weight excluding hydrogens is 326 g/mol. The van der Waals surface area contributed by atoms with Gasteiger partial charge in [-0.05, 0) is 62.7 Å². The zero-order valence-corrected chi connectivity index (χ0v) is 14.0. The molecule has 1 aliphatic rings. The van der Waals surface area contributed by atoms with Crippen LogP contribution in [0.15, 0.2) is 16.6 Å². The summed E-state index contributed by atoms with van der Waals surface area (Å²) in [5.41, 5.74) is -0.730. The highest BCUT2D eigenvalue weighted by molar-refractivity contribution is 9.10. The van der Waals surface area contributed by atoms with Crippen molar-refractivity contribution >= 4 is 28.5 Å². The van der Waals surface area contributed by atoms with Gasteiger partial charge in [0.25, 0.3) is 0 Å². The fourth-order valence-corrected chi connectivity index (χ4v) is 2.48. The van der Waals surface area contributed by atoms with Crippen molar-refractivity contribution in [2.45, 2.75) is 45.8 Å². The first kappa shape index (κ1) is 15.8. The van der Waals surface area contributed by atoms with Gasteiger partial charge in [-0.3, -0.25) is 0 Å². The van der Waals surface area contributed by atoms with Gasteiger partial charge in [-0.25, -0.2) is 4.39 Å². The molecule has 0 saturated carbocycles. The van der Waals surface area contributed by atoms with Crippen LogP contribution in [0.5, 0.6) is 5.75 Å². The van der Waals surface area contributed by atoms with Gasteiger partial charge >= 0.3 is 7.12 Å². The lowest BCUT2D eigenvalue weighted by atomic mass is 9.78. The Morgan fingerprint density at radius 1 is 1.20 bits per heavy atom. The minimum Gasteiger partial charge on any atom is -0.493 e. The van der Waals surface area contributed by atoms with E-state index in [-0.39, 0.29) is 0 Å². The molecule has 2 rings (SSSR count). The van der Waals surface area contributed by atoms with Gasteiger partial charge in [-0.2, -0.15) is 0 Å². The summed E-state index contributed by atoms with van der Waals surface area (Å²) in [5.74, 6) is 0.0427. The molecule has 20 heavy (non-hydrogen) atoms. The van der Waals surface area contributed by atoms with Crippen molar-refractivity contribution in [3.8, 4) is 5.75 Å². The van der Waals surface area contributed by atoms with Crippen LogP contribution in [0.4, 0.5) is 4.39 Å². The first-order valence-corrected chi connectivity index (χ1v) is 7.45. The Balaban J connectivity index is 2.46. The molecule has 3 nitrogen and oxygen atoms in total. The largest absolute Gasteiger partial charge is 0.501 e. The van der Waals surface area contributed by atoms with Gasteiger partial charge in [0.05, 0.1) is 27.7 Å². The summed E-state index contributed by atoms with van der Waals surface area (Å²) in [6.45, 7) is 10.0. The van der Waals surface area contributed by atoms with E-state index >= 15 is 0 Å². The molecule has 6 heteroatoms. The third kappa shape index (κ3) is 2.61. The highest BCUT2D eigenvalue weighted by atomic mass is 79.9. The fraction of sp³-hybridized carbons (Fsp3) is 0.571. The molecule has 0 aliphatic carbocycles. The highest BCUT2D eigenvalue weighted by Crippen LogP contribution is 2.38. The molecule has 1 heterocycles. The summed E-state index contributed by atoms with van der Waals surface area (Å²) in [6.07, 6.45) is 0. The maximum atomic E-state index is 14.2. The molecule has 0 atom stereocenters. The second kappa shape index (κ2) is 5.32. The van der Waals surface area contributed by atoms with Crippen LogP contribution in [0.25, 0.3) is 0 Å². The molecule has 0 N–H and O–H groups in total. The number of rotatable bonds is 3. The molecule has 1 saturated heterocycles. The second-order valence-electron chi connectivity index (χ2n) is 5.79. The second-order valence-corrected chi connectivity index (χ2v) is 6.65.